The zero-order chi connectivity index (χ0) is 18.6. The maximum atomic E-state index is 12.0. The molecular weight excluding hydrogens is 354 g/mol. The molecular formula is C17H19N5O3S. The quantitative estimate of drug-likeness (QED) is 0.640. The van der Waals surface area contributed by atoms with Gasteiger partial charge in [-0.3, -0.25) is 9.20 Å². The summed E-state index contributed by atoms with van der Waals surface area (Å²) in [6, 6.07) is 12.1. The first-order valence-corrected chi connectivity index (χ1v) is 9.56. The molecule has 136 valence electrons. The molecule has 0 aliphatic carbocycles. The Bertz CT molecular complexity index is 1010. The molecule has 0 saturated heterocycles. The van der Waals surface area contributed by atoms with E-state index in [1.807, 2.05) is 28.8 Å². The summed E-state index contributed by atoms with van der Waals surface area (Å²) in [5.41, 5.74) is 1.62. The monoisotopic (exact) mass is 373 g/mol. The third-order valence-electron chi connectivity index (χ3n) is 3.97. The topological polar surface area (TPSA) is 105 Å². The number of nitrogens with one attached hydrogen (secondary N) is 2. The van der Waals surface area contributed by atoms with Crippen LogP contribution in [0.2, 0.25) is 0 Å². The summed E-state index contributed by atoms with van der Waals surface area (Å²) < 4.78 is 27.4. The fourth-order valence-corrected chi connectivity index (χ4v) is 3.22. The number of carbonyl (C=O) groups excluding carboxylic acids is 1. The average molecular weight is 373 g/mol. The van der Waals surface area contributed by atoms with Crippen LogP contribution in [0.4, 0.5) is 0 Å². The average Bonchev–Trinajstić information content (AvgIpc) is 3.08. The predicted molar refractivity (Wildman–Crippen MR) is 95.8 cm³/mol. The number of hydrogen-bond acceptors (Lipinski definition) is 5. The maximum absolute atomic E-state index is 12.0. The van der Waals surface area contributed by atoms with E-state index in [0.717, 1.165) is 11.2 Å². The highest BCUT2D eigenvalue weighted by Gasteiger charge is 2.11. The molecule has 2 heterocycles. The summed E-state index contributed by atoms with van der Waals surface area (Å²) in [5, 5.41) is 10.9. The third-order valence-corrected chi connectivity index (χ3v) is 5.40. The number of hydrogen-bond donors (Lipinski definition) is 2. The number of rotatable bonds is 7. The van der Waals surface area contributed by atoms with Gasteiger partial charge in [0.1, 0.15) is 0 Å². The Kier molecular flexibility index (Phi) is 5.29. The number of fused-ring (bicyclic) bond motifs is 1. The number of carbonyl (C=O) groups is 1. The van der Waals surface area contributed by atoms with Gasteiger partial charge in [0.05, 0.1) is 11.4 Å². The first-order chi connectivity index (χ1) is 12.5. The predicted octanol–water partition coefficient (Wildman–Crippen LogP) is 0.886. The molecule has 0 bridgehead atoms. The van der Waals surface area contributed by atoms with E-state index in [1.54, 1.807) is 12.1 Å². The van der Waals surface area contributed by atoms with Crippen LogP contribution < -0.4 is 10.0 Å². The van der Waals surface area contributed by atoms with E-state index in [0.29, 0.717) is 25.2 Å². The van der Waals surface area contributed by atoms with E-state index in [1.165, 1.54) is 19.2 Å². The molecule has 9 heteroatoms. The summed E-state index contributed by atoms with van der Waals surface area (Å²) in [7, 11) is -2.08. The van der Waals surface area contributed by atoms with Crippen LogP contribution in [0, 0.1) is 0 Å². The Hall–Kier alpha value is -2.78. The number of amides is 1. The smallest absolute Gasteiger partial charge is 0.240 e. The normalized spacial score (nSPS) is 11.6. The Labute approximate surface area is 151 Å². The van der Waals surface area contributed by atoms with Crippen molar-refractivity contribution in [2.75, 3.05) is 7.05 Å². The van der Waals surface area contributed by atoms with E-state index in [-0.39, 0.29) is 10.8 Å². The molecule has 2 N–H and O–H groups in total. The van der Waals surface area contributed by atoms with Gasteiger partial charge in [-0.2, -0.15) is 0 Å². The fraction of sp³-hybridized carbons (Fsp3) is 0.235. The van der Waals surface area contributed by atoms with Crippen LogP contribution in [0.5, 0.6) is 0 Å². The second-order valence-corrected chi connectivity index (χ2v) is 7.56. The van der Waals surface area contributed by atoms with E-state index >= 15 is 0 Å². The molecule has 0 fully saturated rings. The summed E-state index contributed by atoms with van der Waals surface area (Å²) in [4.78, 5) is 12.2. The minimum atomic E-state index is -3.44. The molecule has 0 atom stereocenters. The molecule has 3 rings (SSSR count). The van der Waals surface area contributed by atoms with Gasteiger partial charge >= 0.3 is 0 Å². The second kappa shape index (κ2) is 7.63. The Morgan fingerprint density at radius 1 is 1.12 bits per heavy atom. The lowest BCUT2D eigenvalue weighted by molar-refractivity contribution is -0.121. The SMILES string of the molecule is CNS(=O)(=O)c1ccc(CCC(=O)NCc2nnc3ccccn23)cc1. The minimum Gasteiger partial charge on any atom is -0.349 e. The number of aromatic nitrogens is 3. The molecule has 8 nitrogen and oxygen atoms in total. The highest BCUT2D eigenvalue weighted by atomic mass is 32.2. The van der Waals surface area contributed by atoms with Gasteiger partial charge in [-0.25, -0.2) is 13.1 Å². The minimum absolute atomic E-state index is 0.107. The van der Waals surface area contributed by atoms with Crippen molar-refractivity contribution in [3.8, 4) is 0 Å². The first kappa shape index (κ1) is 18.0. The number of pyridine rings is 1. The number of nitrogens with zero attached hydrogens (tertiary/aromatic N) is 3. The summed E-state index contributed by atoms with van der Waals surface area (Å²) in [6.45, 7) is 0.295. The molecule has 0 aliphatic rings. The van der Waals surface area contributed by atoms with E-state index in [4.69, 9.17) is 0 Å². The van der Waals surface area contributed by atoms with Crippen LogP contribution in [0.3, 0.4) is 0 Å². The number of benzene rings is 1. The highest BCUT2D eigenvalue weighted by molar-refractivity contribution is 7.89. The summed E-state index contributed by atoms with van der Waals surface area (Å²) >= 11 is 0. The molecule has 0 aliphatic heterocycles. The van der Waals surface area contributed by atoms with Crippen molar-refractivity contribution < 1.29 is 13.2 Å². The third kappa shape index (κ3) is 4.06. The van der Waals surface area contributed by atoms with Crippen LogP contribution in [-0.2, 0) is 27.8 Å². The van der Waals surface area contributed by atoms with Crippen LogP contribution in [0.1, 0.15) is 17.8 Å². The van der Waals surface area contributed by atoms with Crippen molar-refractivity contribution in [1.82, 2.24) is 24.6 Å². The Morgan fingerprint density at radius 3 is 2.62 bits per heavy atom. The first-order valence-electron chi connectivity index (χ1n) is 8.07. The zero-order valence-corrected chi connectivity index (χ0v) is 15.0. The molecule has 2 aromatic heterocycles. The fourth-order valence-electron chi connectivity index (χ4n) is 2.49. The van der Waals surface area contributed by atoms with Gasteiger partial charge in [0.2, 0.25) is 15.9 Å². The summed E-state index contributed by atoms with van der Waals surface area (Å²) in [6.07, 6.45) is 2.67. The van der Waals surface area contributed by atoms with Crippen molar-refractivity contribution in [3.05, 3.63) is 60.0 Å². The maximum Gasteiger partial charge on any atom is 0.240 e. The van der Waals surface area contributed by atoms with Gasteiger partial charge in [0, 0.05) is 12.6 Å². The summed E-state index contributed by atoms with van der Waals surface area (Å²) in [5.74, 6) is 0.556. The Balaban J connectivity index is 1.53. The van der Waals surface area contributed by atoms with Crippen molar-refractivity contribution >= 4 is 21.6 Å². The highest BCUT2D eigenvalue weighted by Crippen LogP contribution is 2.11. The zero-order valence-electron chi connectivity index (χ0n) is 14.2. The molecule has 1 aromatic carbocycles. The lowest BCUT2D eigenvalue weighted by atomic mass is 10.1. The molecule has 0 spiro atoms. The molecule has 0 saturated carbocycles. The van der Waals surface area contributed by atoms with E-state index < -0.39 is 10.0 Å². The van der Waals surface area contributed by atoms with Crippen molar-refractivity contribution in [2.24, 2.45) is 0 Å². The second-order valence-electron chi connectivity index (χ2n) is 5.67. The van der Waals surface area contributed by atoms with E-state index in [9.17, 15) is 13.2 Å². The van der Waals surface area contributed by atoms with Crippen LogP contribution in [-0.4, -0.2) is 36.0 Å². The molecule has 1 amide bonds. The van der Waals surface area contributed by atoms with Crippen LogP contribution in [0.25, 0.3) is 5.65 Å². The number of aryl methyl sites for hydroxylation is 1. The van der Waals surface area contributed by atoms with E-state index in [2.05, 4.69) is 20.2 Å². The lowest BCUT2D eigenvalue weighted by Crippen LogP contribution is -2.24. The van der Waals surface area contributed by atoms with Gasteiger partial charge < -0.3 is 5.32 Å². The molecule has 3 aromatic rings. The van der Waals surface area contributed by atoms with Gasteiger partial charge in [0.25, 0.3) is 0 Å². The van der Waals surface area contributed by atoms with Gasteiger partial charge in [0.15, 0.2) is 11.5 Å². The van der Waals surface area contributed by atoms with Crippen molar-refractivity contribution in [2.45, 2.75) is 24.3 Å². The van der Waals surface area contributed by atoms with Gasteiger partial charge in [-0.15, -0.1) is 10.2 Å². The van der Waals surface area contributed by atoms with Crippen LogP contribution >= 0.6 is 0 Å². The molecule has 0 radical (unpaired) electrons. The van der Waals surface area contributed by atoms with Crippen molar-refractivity contribution in [1.29, 1.82) is 0 Å². The van der Waals surface area contributed by atoms with Crippen LogP contribution in [0.15, 0.2) is 53.6 Å². The largest absolute Gasteiger partial charge is 0.349 e. The standard InChI is InChI=1S/C17H19N5O3S/c1-18-26(24,25)14-8-5-13(6-9-14)7-10-17(23)19-12-16-21-20-15-4-2-3-11-22(15)16/h2-6,8-9,11,18H,7,10,12H2,1H3,(H,19,23). The Morgan fingerprint density at radius 2 is 1.88 bits per heavy atom. The van der Waals surface area contributed by atoms with Crippen molar-refractivity contribution in [3.63, 3.8) is 0 Å². The number of sulfonamides is 1. The van der Waals surface area contributed by atoms with Gasteiger partial charge in [-0.05, 0) is 43.3 Å². The lowest BCUT2D eigenvalue weighted by Gasteiger charge is -2.06. The van der Waals surface area contributed by atoms with Gasteiger partial charge in [-0.1, -0.05) is 18.2 Å². The molecule has 0 unspecified atom stereocenters. The molecule has 26 heavy (non-hydrogen) atoms.